The molecule has 9 heteroatoms. The standard InChI is InChI=1S/C17H21NO7S/c19-16(18-6-4-12(11-18)17(20)21)5-9-26(22,23)13-2-3-14-15(10-13)25-8-1-7-24-14/h2-3,10,12H,1,4-9,11H2,(H,20,21). The number of amides is 1. The minimum absolute atomic E-state index is 0.0828. The van der Waals surface area contributed by atoms with E-state index in [0.717, 1.165) is 6.42 Å². The van der Waals surface area contributed by atoms with Crippen molar-refractivity contribution in [3.63, 3.8) is 0 Å². The molecule has 1 N–H and O–H groups in total. The SMILES string of the molecule is O=C(O)C1CCN(C(=O)CCS(=O)(=O)c2ccc3c(c2)OCCCO3)C1. The number of ether oxygens (including phenoxy) is 2. The van der Waals surface area contributed by atoms with E-state index >= 15 is 0 Å². The molecule has 26 heavy (non-hydrogen) atoms. The van der Waals surface area contributed by atoms with E-state index in [1.165, 1.54) is 17.0 Å². The third-order valence-electron chi connectivity index (χ3n) is 4.55. The lowest BCUT2D eigenvalue weighted by atomic mass is 10.1. The number of aliphatic carboxylic acids is 1. The molecule has 2 heterocycles. The first-order chi connectivity index (χ1) is 12.4. The number of hydrogen-bond donors (Lipinski definition) is 1. The van der Waals surface area contributed by atoms with Crippen LogP contribution in [-0.4, -0.2) is 62.4 Å². The summed E-state index contributed by atoms with van der Waals surface area (Å²) in [5, 5.41) is 8.98. The van der Waals surface area contributed by atoms with Crippen LogP contribution in [0, 0.1) is 5.92 Å². The largest absolute Gasteiger partial charge is 0.490 e. The molecule has 1 fully saturated rings. The van der Waals surface area contributed by atoms with Crippen LogP contribution in [0.15, 0.2) is 23.1 Å². The lowest BCUT2D eigenvalue weighted by Crippen LogP contribution is -2.31. The Morgan fingerprint density at radius 1 is 1.19 bits per heavy atom. The van der Waals surface area contributed by atoms with Gasteiger partial charge < -0.3 is 19.5 Å². The molecule has 0 spiro atoms. The van der Waals surface area contributed by atoms with Crippen LogP contribution in [-0.2, 0) is 19.4 Å². The van der Waals surface area contributed by atoms with Crippen molar-refractivity contribution in [3.05, 3.63) is 18.2 Å². The Hall–Kier alpha value is -2.29. The zero-order valence-corrected chi connectivity index (χ0v) is 15.0. The summed E-state index contributed by atoms with van der Waals surface area (Å²) in [5.74, 6) is -1.28. The molecule has 8 nitrogen and oxygen atoms in total. The van der Waals surface area contributed by atoms with Crippen molar-refractivity contribution in [1.82, 2.24) is 4.90 Å². The summed E-state index contributed by atoms with van der Waals surface area (Å²) in [5.41, 5.74) is 0. The number of carbonyl (C=O) groups excluding carboxylic acids is 1. The lowest BCUT2D eigenvalue weighted by Gasteiger charge is -2.16. The number of carbonyl (C=O) groups is 2. The highest BCUT2D eigenvalue weighted by Gasteiger charge is 2.31. The third-order valence-corrected chi connectivity index (χ3v) is 6.27. The molecule has 0 aromatic heterocycles. The summed E-state index contributed by atoms with van der Waals surface area (Å²) in [7, 11) is -3.66. The second-order valence-corrected chi connectivity index (χ2v) is 8.50. The van der Waals surface area contributed by atoms with Crippen molar-refractivity contribution >= 4 is 21.7 Å². The number of hydrogen-bond acceptors (Lipinski definition) is 6. The van der Waals surface area contributed by atoms with Crippen molar-refractivity contribution in [1.29, 1.82) is 0 Å². The maximum Gasteiger partial charge on any atom is 0.308 e. The van der Waals surface area contributed by atoms with Crippen LogP contribution in [0.2, 0.25) is 0 Å². The van der Waals surface area contributed by atoms with E-state index in [-0.39, 0.29) is 29.5 Å². The van der Waals surface area contributed by atoms with E-state index in [0.29, 0.717) is 37.7 Å². The predicted octanol–water partition coefficient (Wildman–Crippen LogP) is 0.945. The minimum Gasteiger partial charge on any atom is -0.490 e. The highest BCUT2D eigenvalue weighted by molar-refractivity contribution is 7.91. The molecule has 1 aromatic carbocycles. The number of benzene rings is 1. The van der Waals surface area contributed by atoms with E-state index in [1.807, 2.05) is 0 Å². The zero-order valence-electron chi connectivity index (χ0n) is 14.2. The normalized spacial score (nSPS) is 19.8. The smallest absolute Gasteiger partial charge is 0.308 e. The molecule has 2 aliphatic heterocycles. The summed E-state index contributed by atoms with van der Waals surface area (Å²) in [6.45, 7) is 1.45. The predicted molar refractivity (Wildman–Crippen MR) is 91.0 cm³/mol. The van der Waals surface area contributed by atoms with Crippen LogP contribution in [0.25, 0.3) is 0 Å². The lowest BCUT2D eigenvalue weighted by molar-refractivity contribution is -0.141. The van der Waals surface area contributed by atoms with E-state index in [2.05, 4.69) is 0 Å². The fourth-order valence-corrected chi connectivity index (χ4v) is 4.26. The zero-order chi connectivity index (χ0) is 18.7. The summed E-state index contributed by atoms with van der Waals surface area (Å²) in [6, 6.07) is 4.44. The van der Waals surface area contributed by atoms with Gasteiger partial charge in [0, 0.05) is 32.0 Å². The topological polar surface area (TPSA) is 110 Å². The van der Waals surface area contributed by atoms with E-state index < -0.39 is 21.7 Å². The quantitative estimate of drug-likeness (QED) is 0.806. The molecule has 0 bridgehead atoms. The molecular weight excluding hydrogens is 362 g/mol. The molecule has 1 unspecified atom stereocenters. The summed E-state index contributed by atoms with van der Waals surface area (Å²) in [6.07, 6.45) is 0.942. The number of fused-ring (bicyclic) bond motifs is 1. The minimum atomic E-state index is -3.66. The van der Waals surface area contributed by atoms with Crippen LogP contribution in [0.3, 0.4) is 0 Å². The van der Waals surface area contributed by atoms with Gasteiger partial charge in [-0.2, -0.15) is 0 Å². The highest BCUT2D eigenvalue weighted by atomic mass is 32.2. The van der Waals surface area contributed by atoms with Crippen LogP contribution in [0.4, 0.5) is 0 Å². The summed E-state index contributed by atoms with van der Waals surface area (Å²) in [4.78, 5) is 24.7. The molecule has 0 aliphatic carbocycles. The van der Waals surface area contributed by atoms with Gasteiger partial charge in [0.15, 0.2) is 21.3 Å². The Bertz CT molecular complexity index is 805. The fraction of sp³-hybridized carbons (Fsp3) is 0.529. The van der Waals surface area contributed by atoms with Gasteiger partial charge in [-0.3, -0.25) is 9.59 Å². The number of carboxylic acid groups (broad SMARTS) is 1. The van der Waals surface area contributed by atoms with E-state index in [9.17, 15) is 18.0 Å². The second-order valence-electron chi connectivity index (χ2n) is 6.39. The van der Waals surface area contributed by atoms with Crippen LogP contribution in [0.5, 0.6) is 11.5 Å². The Morgan fingerprint density at radius 2 is 1.92 bits per heavy atom. The van der Waals surface area contributed by atoms with E-state index in [1.54, 1.807) is 6.07 Å². The number of likely N-dealkylation sites (tertiary alicyclic amines) is 1. The van der Waals surface area contributed by atoms with Crippen molar-refractivity contribution in [2.45, 2.75) is 24.2 Å². The number of carboxylic acids is 1. The number of sulfone groups is 1. The van der Waals surface area contributed by atoms with Crippen LogP contribution >= 0.6 is 0 Å². The van der Waals surface area contributed by atoms with Crippen molar-refractivity contribution in [3.8, 4) is 11.5 Å². The number of nitrogens with zero attached hydrogens (tertiary/aromatic N) is 1. The molecule has 142 valence electrons. The van der Waals surface area contributed by atoms with Crippen molar-refractivity contribution in [2.75, 3.05) is 32.1 Å². The van der Waals surface area contributed by atoms with Crippen LogP contribution in [0.1, 0.15) is 19.3 Å². The molecule has 1 amide bonds. The molecule has 0 saturated carbocycles. The fourth-order valence-electron chi connectivity index (χ4n) is 3.02. The molecular formula is C17H21NO7S. The second kappa shape index (κ2) is 7.53. The molecule has 3 rings (SSSR count). The molecule has 0 radical (unpaired) electrons. The summed E-state index contributed by atoms with van der Waals surface area (Å²) < 4.78 is 36.1. The van der Waals surface area contributed by atoms with Crippen LogP contribution < -0.4 is 9.47 Å². The van der Waals surface area contributed by atoms with Gasteiger partial charge in [-0.15, -0.1) is 0 Å². The first kappa shape index (κ1) is 18.5. The Morgan fingerprint density at radius 3 is 2.62 bits per heavy atom. The number of rotatable bonds is 5. The molecule has 1 atom stereocenters. The Balaban J connectivity index is 1.63. The first-order valence-electron chi connectivity index (χ1n) is 8.50. The first-order valence-corrected chi connectivity index (χ1v) is 10.1. The Labute approximate surface area is 151 Å². The van der Waals surface area contributed by atoms with Gasteiger partial charge in [0.1, 0.15) is 0 Å². The van der Waals surface area contributed by atoms with E-state index in [4.69, 9.17) is 14.6 Å². The van der Waals surface area contributed by atoms with Gasteiger partial charge in [0.2, 0.25) is 5.91 Å². The summed E-state index contributed by atoms with van der Waals surface area (Å²) >= 11 is 0. The monoisotopic (exact) mass is 383 g/mol. The Kier molecular flexibility index (Phi) is 5.36. The molecule has 2 aliphatic rings. The van der Waals surface area contributed by atoms with Gasteiger partial charge in [-0.05, 0) is 18.6 Å². The average molecular weight is 383 g/mol. The molecule has 1 aromatic rings. The van der Waals surface area contributed by atoms with Gasteiger partial charge in [0.25, 0.3) is 0 Å². The third kappa shape index (κ3) is 4.09. The van der Waals surface area contributed by atoms with Crippen molar-refractivity contribution < 1.29 is 32.6 Å². The van der Waals surface area contributed by atoms with Gasteiger partial charge in [0.05, 0.1) is 29.8 Å². The van der Waals surface area contributed by atoms with Gasteiger partial charge in [-0.1, -0.05) is 0 Å². The average Bonchev–Trinajstić information content (AvgIpc) is 2.99. The maximum absolute atomic E-state index is 12.5. The molecule has 1 saturated heterocycles. The maximum atomic E-state index is 12.5. The van der Waals surface area contributed by atoms with Crippen molar-refractivity contribution in [2.24, 2.45) is 5.92 Å². The highest BCUT2D eigenvalue weighted by Crippen LogP contribution is 2.32. The van der Waals surface area contributed by atoms with Gasteiger partial charge in [-0.25, -0.2) is 8.42 Å². The van der Waals surface area contributed by atoms with Gasteiger partial charge >= 0.3 is 5.97 Å².